The molecule has 2 saturated heterocycles. The zero-order chi connectivity index (χ0) is 98.3. The van der Waals surface area contributed by atoms with E-state index in [0.29, 0.717) is 49.6 Å². The Kier molecular flexibility index (Phi) is 32.0. The van der Waals surface area contributed by atoms with Crippen molar-refractivity contribution in [1.82, 2.24) is 87.4 Å². The summed E-state index contributed by atoms with van der Waals surface area (Å²) >= 11 is 3.28. The standard InChI is InChI=1S/C45H37N5O3S.C38H38N6O2.C36H36N6O2S.CH4.HI.H2/c51-44(49-39(22-29-24-46-38-20-10-8-14-31(29)38)43-47-25-41(48-43)28-12-2-1-3-13-28)40(23-30-27-54-42-21-11-9-15-32(30)42)50-45(52)53-26-37-35-18-6-4-16-33(35)34-17-5-7-19-36(34)37;45-37(27-17-19-39-20-18-27)44-34(21-28-13-8-12-25-9-4-5-14-30(25)28)38(46)43-33(22-29-23-40-32-16-7-6-15-31(29)32)36-41-24-35(42-36)26-10-2-1-3-11-26;43-35(24-14-16-37-17-15-24)42-31(19-26-22-45-33-13-7-5-11-28(26)33)36(44)41-30(18-25-20-38-29-12-6-4-10-27(25)29)34-39-21-32(40-34)23-8-2-1-3-9-23;;;/h1-21,24-25,27,37,39-40,46H,22-23,26H2,(H,47,48)(H,49,51)(H,50,52);1-16,23-24,27,33-34,39-40H,17-22H2,(H,41,42)(H,43,46)(H,44,45);1-13,20-22,24,30-31,37-38H,14-19H2,(H,39,40)(H,41,44)(H,42,43);1H4;2*1H/t39-,40-;33-,34-;30-,31-;;;/m111.../s1. The largest absolute Gasteiger partial charge is 0.449 e. The molecule has 12 aromatic carbocycles. The predicted molar refractivity (Wildman–Crippen MR) is 601 cm³/mol. The molecule has 744 valence electrons. The van der Waals surface area contributed by atoms with Gasteiger partial charge >= 0.3 is 6.09 Å². The fourth-order valence-corrected chi connectivity index (χ4v) is 22.5. The van der Waals surface area contributed by atoms with Crippen molar-refractivity contribution >= 4 is 146 Å². The number of imidazole rings is 3. The Bertz CT molecular complexity index is 7910. The van der Waals surface area contributed by atoms with Gasteiger partial charge in [0.15, 0.2) is 0 Å². The Morgan fingerprint density at radius 2 is 0.673 bits per heavy atom. The highest BCUT2D eigenvalue weighted by molar-refractivity contribution is 14.0. The quantitative estimate of drug-likeness (QED) is 0.0180. The van der Waals surface area contributed by atoms with Gasteiger partial charge in [-0.25, -0.2) is 19.7 Å². The van der Waals surface area contributed by atoms with Crippen LogP contribution in [0, 0.1) is 11.8 Å². The maximum absolute atomic E-state index is 14.6. The Balaban J connectivity index is 0.000000145. The molecular weight excluding hydrogens is 1980 g/mol. The molecular formula is C120H118IN17O7S2. The van der Waals surface area contributed by atoms with Gasteiger partial charge in [-0.15, -0.1) is 46.7 Å². The average molecular weight is 2100 g/mol. The Labute approximate surface area is 878 Å². The summed E-state index contributed by atoms with van der Waals surface area (Å²) in [6.45, 7) is 3.35. The zero-order valence-corrected chi connectivity index (χ0v) is 84.2. The minimum Gasteiger partial charge on any atom is -0.449 e. The number of nitrogens with one attached hydrogen (secondary N) is 14. The summed E-state index contributed by atoms with van der Waals surface area (Å²) in [6.07, 6.45) is 16.4. The summed E-state index contributed by atoms with van der Waals surface area (Å²) in [5.74, 6) is 0.680. The average Bonchev–Trinajstić information content (AvgIpc) is 1.61. The smallest absolute Gasteiger partial charge is 0.407 e. The van der Waals surface area contributed by atoms with Gasteiger partial charge in [0.25, 0.3) is 0 Å². The summed E-state index contributed by atoms with van der Waals surface area (Å²) in [7, 11) is 0. The molecule has 0 spiro atoms. The zero-order valence-electron chi connectivity index (χ0n) is 80.2. The first-order valence-corrected chi connectivity index (χ1v) is 51.5. The lowest BCUT2D eigenvalue weighted by Crippen LogP contribution is -2.51. The van der Waals surface area contributed by atoms with Crippen LogP contribution in [0.15, 0.2) is 351 Å². The first kappa shape index (κ1) is 100. The van der Waals surface area contributed by atoms with Crippen LogP contribution in [0.4, 0.5) is 4.79 Å². The fourth-order valence-electron chi connectivity index (χ4n) is 20.5. The summed E-state index contributed by atoms with van der Waals surface area (Å²) in [4.78, 5) is 119. The highest BCUT2D eigenvalue weighted by Crippen LogP contribution is 2.45. The number of ether oxygens (including phenoxy) is 1. The van der Waals surface area contributed by atoms with Gasteiger partial charge in [-0.1, -0.05) is 280 Å². The van der Waals surface area contributed by atoms with Crippen LogP contribution in [0.1, 0.15) is 121 Å². The van der Waals surface area contributed by atoms with Crippen molar-refractivity contribution in [1.29, 1.82) is 0 Å². The molecule has 14 N–H and O–H groups in total. The molecule has 6 amide bonds. The van der Waals surface area contributed by atoms with Gasteiger partial charge in [0.1, 0.15) is 42.2 Å². The molecule has 2 fully saturated rings. The normalized spacial score (nSPS) is 14.3. The Hall–Kier alpha value is -15.7. The number of carbonyl (C=O) groups excluding carboxylic acids is 6. The lowest BCUT2D eigenvalue weighted by molar-refractivity contribution is -0.132. The van der Waals surface area contributed by atoms with Crippen molar-refractivity contribution in [3.8, 4) is 44.9 Å². The second kappa shape index (κ2) is 47.0. The highest BCUT2D eigenvalue weighted by atomic mass is 127. The van der Waals surface area contributed by atoms with E-state index >= 15 is 0 Å². The molecule has 147 heavy (non-hydrogen) atoms. The van der Waals surface area contributed by atoms with Gasteiger partial charge in [-0.3, -0.25) is 24.0 Å². The number of halogens is 1. The van der Waals surface area contributed by atoms with Gasteiger partial charge in [0, 0.05) is 118 Å². The number of fused-ring (bicyclic) bond motifs is 9. The van der Waals surface area contributed by atoms with Gasteiger partial charge in [0.05, 0.1) is 53.8 Å². The molecule has 24 nitrogen and oxygen atoms in total. The van der Waals surface area contributed by atoms with Crippen LogP contribution in [-0.4, -0.2) is 131 Å². The summed E-state index contributed by atoms with van der Waals surface area (Å²) in [5, 5.41) is 37.6. The molecule has 0 radical (unpaired) electrons. The van der Waals surface area contributed by atoms with Gasteiger partial charge < -0.3 is 77.2 Å². The maximum atomic E-state index is 14.6. The molecule has 10 heterocycles. The number of benzene rings is 12. The molecule has 0 unspecified atom stereocenters. The number of H-pyrrole nitrogens is 6. The van der Waals surface area contributed by atoms with Crippen molar-refractivity contribution in [2.45, 2.75) is 114 Å². The molecule has 20 aromatic rings. The monoisotopic (exact) mass is 2100 g/mol. The Morgan fingerprint density at radius 1 is 0.340 bits per heavy atom. The third-order valence-electron chi connectivity index (χ3n) is 28.2. The molecule has 0 bridgehead atoms. The third kappa shape index (κ3) is 23.3. The number of para-hydroxylation sites is 3. The first-order chi connectivity index (χ1) is 71.3. The van der Waals surface area contributed by atoms with Crippen LogP contribution >= 0.6 is 46.7 Å². The number of hydrogen-bond acceptors (Lipinski definition) is 14. The number of alkyl carbamates (subject to hydrolysis) is 1. The van der Waals surface area contributed by atoms with Crippen LogP contribution in [-0.2, 0) is 67.2 Å². The summed E-state index contributed by atoms with van der Waals surface area (Å²) < 4.78 is 8.24. The van der Waals surface area contributed by atoms with E-state index < -0.39 is 42.3 Å². The second-order valence-electron chi connectivity index (χ2n) is 37.5. The lowest BCUT2D eigenvalue weighted by Gasteiger charge is -2.27. The van der Waals surface area contributed by atoms with Crippen LogP contribution in [0.25, 0.3) is 109 Å². The summed E-state index contributed by atoms with van der Waals surface area (Å²) in [6, 6.07) is 97.6. The van der Waals surface area contributed by atoms with Crippen molar-refractivity contribution < 1.29 is 34.9 Å². The van der Waals surface area contributed by atoms with Crippen molar-refractivity contribution in [3.63, 3.8) is 0 Å². The number of piperidine rings is 2. The molecule has 23 rings (SSSR count). The number of rotatable bonds is 31. The van der Waals surface area contributed by atoms with E-state index in [0.717, 1.165) is 205 Å². The molecule has 1 aliphatic carbocycles. The van der Waals surface area contributed by atoms with E-state index in [1.807, 2.05) is 249 Å². The van der Waals surface area contributed by atoms with Crippen molar-refractivity contribution in [2.24, 2.45) is 11.8 Å². The molecule has 6 atom stereocenters. The maximum Gasteiger partial charge on any atom is 0.407 e. The van der Waals surface area contributed by atoms with E-state index in [-0.39, 0.29) is 93.1 Å². The number of amides is 6. The first-order valence-electron chi connectivity index (χ1n) is 49.7. The molecule has 3 aliphatic rings. The molecule has 2 aliphatic heterocycles. The van der Waals surface area contributed by atoms with Crippen LogP contribution in [0.2, 0.25) is 0 Å². The molecule has 8 aromatic heterocycles. The second-order valence-corrected chi connectivity index (χ2v) is 39.3. The van der Waals surface area contributed by atoms with Crippen LogP contribution in [0.5, 0.6) is 0 Å². The van der Waals surface area contributed by atoms with Gasteiger partial charge in [-0.2, -0.15) is 0 Å². The SMILES string of the molecule is C.I.O=C(N[C@H](Cc1cccc2ccccc12)C(=O)N[C@H](Cc1c[nH]c2ccccc12)c1ncc(-c2ccccc2)[nH]1)C1CCNCC1.O=C(N[C@H](Cc1csc2ccccc12)C(=O)N[C@H](Cc1c[nH]c2ccccc12)c1ncc(-c2ccccc2)[nH]1)C1CCNCC1.O=C(N[C@H](Cc1csc2ccccc12)C(=O)N[C@H](Cc1c[nH]c2ccccc12)c1ncc(-c2ccccc2)[nH]1)OCC1c2ccccc2-c2ccccc21.[HH]. The number of carbonyl (C=O) groups is 6. The number of hydrogen-bond donors (Lipinski definition) is 14. The van der Waals surface area contributed by atoms with Crippen LogP contribution in [0.3, 0.4) is 0 Å². The number of aromatic nitrogens is 9. The number of thiophene rings is 2. The summed E-state index contributed by atoms with van der Waals surface area (Å²) in [5.41, 5.74) is 19.5. The number of nitrogens with zero attached hydrogens (tertiary/aromatic N) is 3. The third-order valence-corrected chi connectivity index (χ3v) is 30.2. The van der Waals surface area contributed by atoms with Crippen molar-refractivity contribution in [3.05, 3.63) is 413 Å². The predicted octanol–water partition coefficient (Wildman–Crippen LogP) is 22.6. The van der Waals surface area contributed by atoms with E-state index in [1.54, 1.807) is 28.9 Å². The van der Waals surface area contributed by atoms with E-state index in [2.05, 4.69) is 168 Å². The van der Waals surface area contributed by atoms with E-state index in [9.17, 15) is 28.8 Å². The minimum absolute atomic E-state index is 0. The fraction of sp³-hybridized carbons (Fsp3) is 0.208. The molecule has 27 heteroatoms. The van der Waals surface area contributed by atoms with E-state index in [1.165, 1.54) is 0 Å². The number of aromatic amines is 6. The Morgan fingerprint density at radius 3 is 1.08 bits per heavy atom. The lowest BCUT2D eigenvalue weighted by atomic mass is 9.95. The topological polar surface area (TPSA) is 341 Å². The van der Waals surface area contributed by atoms with Crippen LogP contribution < -0.4 is 42.5 Å². The van der Waals surface area contributed by atoms with E-state index in [4.69, 9.17) is 19.7 Å². The molecule has 0 saturated carbocycles. The van der Waals surface area contributed by atoms with Gasteiger partial charge in [0.2, 0.25) is 29.5 Å². The highest BCUT2D eigenvalue weighted by Gasteiger charge is 2.36. The van der Waals surface area contributed by atoms with Gasteiger partial charge in [-0.05, 0) is 187 Å². The minimum atomic E-state index is -0.923. The van der Waals surface area contributed by atoms with Crippen molar-refractivity contribution in [2.75, 3.05) is 32.8 Å².